The summed E-state index contributed by atoms with van der Waals surface area (Å²) in [6.07, 6.45) is 2.79. The van der Waals surface area contributed by atoms with E-state index in [0.717, 1.165) is 0 Å². The Morgan fingerprint density at radius 3 is 2.91 bits per heavy atom. The molecule has 2 aliphatic heterocycles. The first-order chi connectivity index (χ1) is 10.9. The Morgan fingerprint density at radius 1 is 1.48 bits per heavy atom. The van der Waals surface area contributed by atoms with E-state index >= 15 is 0 Å². The smallest absolute Gasteiger partial charge is 0.329 e. The summed E-state index contributed by atoms with van der Waals surface area (Å²) < 4.78 is 5.24. The molecule has 0 aromatic carbocycles. The Bertz CT molecular complexity index is 626. The van der Waals surface area contributed by atoms with Crippen LogP contribution >= 0.6 is 0 Å². The molecular formula is C16H20N2O5. The van der Waals surface area contributed by atoms with Crippen LogP contribution in [0.1, 0.15) is 31.9 Å². The molecule has 2 fully saturated rings. The summed E-state index contributed by atoms with van der Waals surface area (Å²) in [5, 5.41) is 9.43. The number of carbonyl (C=O) groups is 3. The van der Waals surface area contributed by atoms with Gasteiger partial charge in [-0.1, -0.05) is 0 Å². The molecule has 2 amide bonds. The van der Waals surface area contributed by atoms with Crippen molar-refractivity contribution in [3.8, 4) is 0 Å². The number of amides is 2. The lowest BCUT2D eigenvalue weighted by Gasteiger charge is -2.33. The van der Waals surface area contributed by atoms with Crippen molar-refractivity contribution in [2.75, 3.05) is 13.1 Å². The Morgan fingerprint density at radius 2 is 2.26 bits per heavy atom. The number of carboxylic acid groups (broad SMARTS) is 1. The lowest BCUT2D eigenvalue weighted by molar-refractivity contribution is -0.156. The highest BCUT2D eigenvalue weighted by Gasteiger charge is 2.49. The van der Waals surface area contributed by atoms with E-state index in [0.29, 0.717) is 38.2 Å². The molecule has 0 radical (unpaired) electrons. The lowest BCUT2D eigenvalue weighted by Crippen LogP contribution is -2.52. The van der Waals surface area contributed by atoms with Gasteiger partial charge in [0.05, 0.1) is 18.7 Å². The van der Waals surface area contributed by atoms with Crippen LogP contribution in [0, 0.1) is 5.92 Å². The minimum Gasteiger partial charge on any atom is -0.480 e. The zero-order valence-corrected chi connectivity index (χ0v) is 13.0. The summed E-state index contributed by atoms with van der Waals surface area (Å²) in [4.78, 5) is 39.4. The maximum Gasteiger partial charge on any atom is 0.329 e. The number of aliphatic carboxylic acids is 1. The minimum absolute atomic E-state index is 0.101. The van der Waals surface area contributed by atoms with E-state index in [9.17, 15) is 19.5 Å². The van der Waals surface area contributed by atoms with Crippen molar-refractivity contribution in [3.05, 3.63) is 24.2 Å². The second kappa shape index (κ2) is 5.72. The first-order valence-corrected chi connectivity index (χ1v) is 7.77. The number of likely N-dealkylation sites (tertiary alicyclic amines) is 2. The van der Waals surface area contributed by atoms with Gasteiger partial charge >= 0.3 is 5.97 Å². The summed E-state index contributed by atoms with van der Waals surface area (Å²) in [6, 6.07) is 3.53. The van der Waals surface area contributed by atoms with Gasteiger partial charge in [-0.2, -0.15) is 0 Å². The fourth-order valence-electron chi connectivity index (χ4n) is 3.44. The van der Waals surface area contributed by atoms with Crippen LogP contribution in [0.15, 0.2) is 22.8 Å². The predicted molar refractivity (Wildman–Crippen MR) is 79.2 cm³/mol. The number of hydrogen-bond donors (Lipinski definition) is 1. The lowest BCUT2D eigenvalue weighted by atomic mass is 9.97. The predicted octanol–water partition coefficient (Wildman–Crippen LogP) is 1.09. The zero-order valence-electron chi connectivity index (χ0n) is 13.0. The van der Waals surface area contributed by atoms with Gasteiger partial charge in [-0.05, 0) is 31.9 Å². The number of carboxylic acids is 1. The average Bonchev–Trinajstić information content (AvgIpc) is 3.21. The van der Waals surface area contributed by atoms with Crippen LogP contribution in [0.3, 0.4) is 0 Å². The molecule has 0 aliphatic carbocycles. The molecule has 2 saturated heterocycles. The summed E-state index contributed by atoms with van der Waals surface area (Å²) in [7, 11) is 0. The van der Waals surface area contributed by atoms with Crippen LogP contribution in [0.2, 0.25) is 0 Å². The summed E-state index contributed by atoms with van der Waals surface area (Å²) in [6.45, 7) is 2.67. The molecule has 2 atom stereocenters. The molecule has 23 heavy (non-hydrogen) atoms. The fourth-order valence-corrected chi connectivity index (χ4v) is 3.44. The van der Waals surface area contributed by atoms with Crippen LogP contribution in [0.25, 0.3) is 0 Å². The molecule has 0 bridgehead atoms. The van der Waals surface area contributed by atoms with Gasteiger partial charge in [-0.15, -0.1) is 0 Å². The number of carbonyl (C=O) groups excluding carboxylic acids is 2. The third kappa shape index (κ3) is 2.71. The van der Waals surface area contributed by atoms with Gasteiger partial charge in [0.15, 0.2) is 0 Å². The molecule has 7 heteroatoms. The highest BCUT2D eigenvalue weighted by molar-refractivity contribution is 5.93. The van der Waals surface area contributed by atoms with E-state index in [4.69, 9.17) is 4.42 Å². The van der Waals surface area contributed by atoms with Gasteiger partial charge in [-0.3, -0.25) is 9.59 Å². The van der Waals surface area contributed by atoms with Crippen molar-refractivity contribution >= 4 is 17.8 Å². The van der Waals surface area contributed by atoms with Gasteiger partial charge in [0.1, 0.15) is 11.3 Å². The number of hydrogen-bond acceptors (Lipinski definition) is 4. The average molecular weight is 320 g/mol. The first-order valence-electron chi connectivity index (χ1n) is 7.77. The SMILES string of the molecule is CC1(C(=O)O)CCCN1C(=O)C1CC(=O)N(Cc2ccco2)C1. The standard InChI is InChI=1S/C16H20N2O5/c1-16(15(21)22)5-3-6-18(16)14(20)11-8-13(19)17(9-11)10-12-4-2-7-23-12/h2,4,7,11H,3,5-6,8-10H2,1H3,(H,21,22). The van der Waals surface area contributed by atoms with Crippen molar-refractivity contribution < 1.29 is 23.9 Å². The fraction of sp³-hybridized carbons (Fsp3) is 0.562. The van der Waals surface area contributed by atoms with Crippen molar-refractivity contribution in [3.63, 3.8) is 0 Å². The normalized spacial score (nSPS) is 27.7. The van der Waals surface area contributed by atoms with Gasteiger partial charge in [-0.25, -0.2) is 4.79 Å². The molecule has 3 rings (SSSR count). The summed E-state index contributed by atoms with van der Waals surface area (Å²) >= 11 is 0. The van der Waals surface area contributed by atoms with Crippen molar-refractivity contribution in [1.82, 2.24) is 9.80 Å². The molecule has 1 aromatic heterocycles. The maximum atomic E-state index is 12.7. The van der Waals surface area contributed by atoms with E-state index in [1.54, 1.807) is 30.2 Å². The largest absolute Gasteiger partial charge is 0.480 e. The van der Waals surface area contributed by atoms with Crippen LogP contribution in [0.5, 0.6) is 0 Å². The van der Waals surface area contributed by atoms with Gasteiger partial charge < -0.3 is 19.3 Å². The molecule has 1 N–H and O–H groups in total. The molecule has 0 saturated carbocycles. The summed E-state index contributed by atoms with van der Waals surface area (Å²) in [5.41, 5.74) is -1.16. The molecule has 2 unspecified atom stereocenters. The van der Waals surface area contributed by atoms with Gasteiger partial charge in [0, 0.05) is 19.5 Å². The molecule has 3 heterocycles. The van der Waals surface area contributed by atoms with Crippen LogP contribution in [-0.4, -0.2) is 51.3 Å². The van der Waals surface area contributed by atoms with E-state index in [2.05, 4.69) is 0 Å². The maximum absolute atomic E-state index is 12.7. The Kier molecular flexibility index (Phi) is 3.87. The first kappa shape index (κ1) is 15.6. The van der Waals surface area contributed by atoms with Crippen LogP contribution in [0.4, 0.5) is 0 Å². The number of nitrogens with zero attached hydrogens (tertiary/aromatic N) is 2. The highest BCUT2D eigenvalue weighted by Crippen LogP contribution is 2.33. The summed E-state index contributed by atoms with van der Waals surface area (Å²) in [5.74, 6) is -1.13. The second-order valence-corrected chi connectivity index (χ2v) is 6.43. The molecule has 0 spiro atoms. The minimum atomic E-state index is -1.16. The quantitative estimate of drug-likeness (QED) is 0.897. The second-order valence-electron chi connectivity index (χ2n) is 6.43. The zero-order chi connectivity index (χ0) is 16.6. The third-order valence-electron chi connectivity index (χ3n) is 4.86. The molecule has 1 aromatic rings. The molecular weight excluding hydrogens is 300 g/mol. The topological polar surface area (TPSA) is 91.1 Å². The van der Waals surface area contributed by atoms with E-state index in [1.165, 1.54) is 4.90 Å². The van der Waals surface area contributed by atoms with Crippen molar-refractivity contribution in [2.45, 2.75) is 38.3 Å². The van der Waals surface area contributed by atoms with E-state index in [-0.39, 0.29) is 18.2 Å². The molecule has 7 nitrogen and oxygen atoms in total. The van der Waals surface area contributed by atoms with E-state index < -0.39 is 17.4 Å². The van der Waals surface area contributed by atoms with Gasteiger partial charge in [0.2, 0.25) is 11.8 Å². The monoisotopic (exact) mass is 320 g/mol. The Balaban J connectivity index is 1.69. The van der Waals surface area contributed by atoms with Crippen LogP contribution < -0.4 is 0 Å². The molecule has 2 aliphatic rings. The number of furan rings is 1. The third-order valence-corrected chi connectivity index (χ3v) is 4.86. The van der Waals surface area contributed by atoms with E-state index in [1.807, 2.05) is 0 Å². The Hall–Kier alpha value is -2.31. The van der Waals surface area contributed by atoms with Crippen LogP contribution in [-0.2, 0) is 20.9 Å². The van der Waals surface area contributed by atoms with Crippen molar-refractivity contribution in [2.24, 2.45) is 5.92 Å². The molecule has 124 valence electrons. The van der Waals surface area contributed by atoms with Gasteiger partial charge in [0.25, 0.3) is 0 Å². The Labute approximate surface area is 133 Å². The highest BCUT2D eigenvalue weighted by atomic mass is 16.4. The van der Waals surface area contributed by atoms with Crippen molar-refractivity contribution in [1.29, 1.82) is 0 Å². The number of rotatable bonds is 4.